The van der Waals surface area contributed by atoms with Gasteiger partial charge in [0, 0.05) is 12.6 Å². The molecule has 0 radical (unpaired) electrons. The minimum absolute atomic E-state index is 0. The summed E-state index contributed by atoms with van der Waals surface area (Å²) in [5, 5.41) is 25.4. The first-order chi connectivity index (χ1) is 13.1. The smallest absolute Gasteiger partial charge is 0.161 e. The van der Waals surface area contributed by atoms with Crippen LogP contribution in [-0.4, -0.2) is 41.9 Å². The molecule has 3 aromatic carbocycles. The molecular weight excluding hydrogens is 378 g/mol. The number of benzene rings is 3. The first kappa shape index (κ1) is 19.1. The van der Waals surface area contributed by atoms with Crippen molar-refractivity contribution in [3.8, 4) is 17.2 Å². The van der Waals surface area contributed by atoms with Gasteiger partial charge in [0.1, 0.15) is 5.75 Å². The van der Waals surface area contributed by atoms with Crippen LogP contribution in [0.25, 0.3) is 21.5 Å². The summed E-state index contributed by atoms with van der Waals surface area (Å²) in [6.45, 7) is 1.84. The van der Waals surface area contributed by atoms with Crippen LogP contribution in [0, 0.1) is 0 Å². The Hall–Kier alpha value is -2.21. The van der Waals surface area contributed by atoms with Crippen LogP contribution in [0.15, 0.2) is 30.3 Å². The average molecular weight is 402 g/mol. The molecule has 1 saturated heterocycles. The normalized spacial score (nSPS) is 21.2. The number of phenolic OH excluding ortho intramolecular Hbond substituents is 1. The molecule has 0 aromatic heterocycles. The van der Waals surface area contributed by atoms with Crippen molar-refractivity contribution in [2.45, 2.75) is 31.5 Å². The fourth-order valence-corrected chi connectivity index (χ4v) is 4.96. The van der Waals surface area contributed by atoms with E-state index in [1.807, 2.05) is 18.2 Å². The minimum Gasteiger partial charge on any atom is -0.508 e. The van der Waals surface area contributed by atoms with Gasteiger partial charge in [0.25, 0.3) is 0 Å². The highest BCUT2D eigenvalue weighted by Crippen LogP contribution is 2.47. The van der Waals surface area contributed by atoms with E-state index < -0.39 is 6.10 Å². The molecule has 2 heterocycles. The summed E-state index contributed by atoms with van der Waals surface area (Å²) in [5.74, 6) is 1.52. The molecular formula is C22H24ClNO4. The summed E-state index contributed by atoms with van der Waals surface area (Å²) in [7, 11) is 3.24. The number of aromatic hydroxyl groups is 1. The van der Waals surface area contributed by atoms with Crippen LogP contribution in [0.3, 0.4) is 0 Å². The van der Waals surface area contributed by atoms with E-state index in [0.29, 0.717) is 11.5 Å². The number of hydrogen-bond acceptors (Lipinski definition) is 5. The highest BCUT2D eigenvalue weighted by Gasteiger charge is 2.39. The molecule has 0 unspecified atom stereocenters. The van der Waals surface area contributed by atoms with Crippen molar-refractivity contribution in [3.05, 3.63) is 41.5 Å². The predicted molar refractivity (Wildman–Crippen MR) is 112 cm³/mol. The van der Waals surface area contributed by atoms with Gasteiger partial charge in [-0.05, 0) is 76.3 Å². The lowest BCUT2D eigenvalue weighted by molar-refractivity contribution is 0.0552. The molecule has 2 N–H and O–H groups in total. The summed E-state index contributed by atoms with van der Waals surface area (Å²) < 4.78 is 11.0. The number of aliphatic hydroxyl groups is 1. The van der Waals surface area contributed by atoms with Crippen LogP contribution in [0.1, 0.15) is 30.1 Å². The molecule has 0 spiro atoms. The molecule has 5 rings (SSSR count). The standard InChI is InChI=1S/C22H23NO4.ClH/c1-26-19-9-15-14-8-12(24)5-6-13(14)17-11-23-7-3-4-18(23)22(25)21(17)16(15)10-20(19)27-2;/h5-6,8-10,18,22,24-25H,3-4,7,11H2,1-2H3;1H/t18-,22+;/m0./s1. The van der Waals surface area contributed by atoms with Gasteiger partial charge in [0.05, 0.1) is 20.3 Å². The Bertz CT molecular complexity index is 1070. The summed E-state index contributed by atoms with van der Waals surface area (Å²) >= 11 is 0. The van der Waals surface area contributed by atoms with Crippen LogP contribution >= 0.6 is 12.4 Å². The molecule has 2 aliphatic heterocycles. The Labute approximate surface area is 169 Å². The number of methoxy groups -OCH3 is 2. The second kappa shape index (κ2) is 6.99. The average Bonchev–Trinajstić information content (AvgIpc) is 3.16. The topological polar surface area (TPSA) is 62.2 Å². The van der Waals surface area contributed by atoms with Crippen LogP contribution < -0.4 is 9.47 Å². The first-order valence-electron chi connectivity index (χ1n) is 9.37. The van der Waals surface area contributed by atoms with Crippen LogP contribution in [0.5, 0.6) is 17.2 Å². The molecule has 0 amide bonds. The lowest BCUT2D eigenvalue weighted by Gasteiger charge is -2.37. The molecule has 6 heteroatoms. The van der Waals surface area contributed by atoms with E-state index in [9.17, 15) is 10.2 Å². The zero-order valence-electron chi connectivity index (χ0n) is 15.9. The van der Waals surface area contributed by atoms with E-state index in [4.69, 9.17) is 9.47 Å². The van der Waals surface area contributed by atoms with Crippen molar-refractivity contribution in [3.63, 3.8) is 0 Å². The Balaban J connectivity index is 0.00000192. The molecule has 0 bridgehead atoms. The quantitative estimate of drug-likeness (QED) is 0.632. The van der Waals surface area contributed by atoms with Gasteiger partial charge in [0.2, 0.25) is 0 Å². The molecule has 3 aromatic rings. The third kappa shape index (κ3) is 2.61. The Morgan fingerprint density at radius 3 is 2.36 bits per heavy atom. The van der Waals surface area contributed by atoms with Crippen molar-refractivity contribution in [1.82, 2.24) is 4.90 Å². The largest absolute Gasteiger partial charge is 0.508 e. The predicted octanol–water partition coefficient (Wildman–Crippen LogP) is 4.15. The van der Waals surface area contributed by atoms with Crippen LogP contribution in [0.4, 0.5) is 0 Å². The fourth-order valence-electron chi connectivity index (χ4n) is 4.96. The van der Waals surface area contributed by atoms with Gasteiger partial charge < -0.3 is 19.7 Å². The number of fused-ring (bicyclic) bond motifs is 7. The second-order valence-electron chi connectivity index (χ2n) is 7.50. The monoisotopic (exact) mass is 401 g/mol. The Kier molecular flexibility index (Phi) is 4.78. The van der Waals surface area contributed by atoms with Gasteiger partial charge in [0.15, 0.2) is 11.5 Å². The number of ether oxygens (including phenoxy) is 2. The maximum Gasteiger partial charge on any atom is 0.161 e. The third-order valence-corrected chi connectivity index (χ3v) is 6.19. The Morgan fingerprint density at radius 2 is 1.64 bits per heavy atom. The fraction of sp³-hybridized carbons (Fsp3) is 0.364. The van der Waals surface area contributed by atoms with Crippen molar-refractivity contribution in [2.24, 2.45) is 0 Å². The highest BCUT2D eigenvalue weighted by molar-refractivity contribution is 6.12. The van der Waals surface area contributed by atoms with E-state index in [2.05, 4.69) is 4.90 Å². The molecule has 2 aliphatic rings. The second-order valence-corrected chi connectivity index (χ2v) is 7.50. The van der Waals surface area contributed by atoms with Gasteiger partial charge in [-0.2, -0.15) is 0 Å². The molecule has 0 saturated carbocycles. The van der Waals surface area contributed by atoms with Gasteiger partial charge in [-0.1, -0.05) is 6.07 Å². The van der Waals surface area contributed by atoms with E-state index >= 15 is 0 Å². The van der Waals surface area contributed by atoms with Gasteiger partial charge in [-0.25, -0.2) is 0 Å². The van der Waals surface area contributed by atoms with E-state index in [0.717, 1.165) is 58.6 Å². The van der Waals surface area contributed by atoms with Gasteiger partial charge >= 0.3 is 0 Å². The summed E-state index contributed by atoms with van der Waals surface area (Å²) in [5.41, 5.74) is 2.14. The first-order valence-corrected chi connectivity index (χ1v) is 9.37. The van der Waals surface area contributed by atoms with Gasteiger partial charge in [-0.15, -0.1) is 12.4 Å². The maximum absolute atomic E-state index is 11.3. The number of phenols is 1. The molecule has 1 fully saturated rings. The molecule has 5 nitrogen and oxygen atoms in total. The number of nitrogens with zero attached hydrogens (tertiary/aromatic N) is 1. The molecule has 148 valence electrons. The summed E-state index contributed by atoms with van der Waals surface area (Å²) in [4.78, 5) is 2.38. The lowest BCUT2D eigenvalue weighted by Crippen LogP contribution is -2.39. The maximum atomic E-state index is 11.3. The van der Waals surface area contributed by atoms with E-state index in [-0.39, 0.29) is 24.2 Å². The molecule has 0 aliphatic carbocycles. The number of rotatable bonds is 2. The highest BCUT2D eigenvalue weighted by atomic mass is 35.5. The SMILES string of the molecule is COc1cc2c3c(c4ccc(O)cc4c2cc1OC)CN1CCC[C@H]1[C@H]3O.Cl. The number of aliphatic hydroxyl groups excluding tert-OH is 1. The molecule has 28 heavy (non-hydrogen) atoms. The van der Waals surface area contributed by atoms with Crippen molar-refractivity contribution < 1.29 is 19.7 Å². The van der Waals surface area contributed by atoms with Gasteiger partial charge in [-0.3, -0.25) is 4.90 Å². The number of hydrogen-bond donors (Lipinski definition) is 2. The number of halogens is 1. The van der Waals surface area contributed by atoms with E-state index in [1.165, 1.54) is 0 Å². The Morgan fingerprint density at radius 1 is 0.964 bits per heavy atom. The zero-order valence-corrected chi connectivity index (χ0v) is 16.8. The zero-order chi connectivity index (χ0) is 18.7. The van der Waals surface area contributed by atoms with Crippen molar-refractivity contribution in [1.29, 1.82) is 0 Å². The van der Waals surface area contributed by atoms with Crippen LogP contribution in [0.2, 0.25) is 0 Å². The van der Waals surface area contributed by atoms with E-state index in [1.54, 1.807) is 26.4 Å². The van der Waals surface area contributed by atoms with Crippen LogP contribution in [-0.2, 0) is 6.54 Å². The summed E-state index contributed by atoms with van der Waals surface area (Å²) in [6, 6.07) is 9.56. The molecule has 2 atom stereocenters. The van der Waals surface area contributed by atoms with Crippen molar-refractivity contribution >= 4 is 34.0 Å². The minimum atomic E-state index is -0.532. The lowest BCUT2D eigenvalue weighted by atomic mass is 9.83. The summed E-state index contributed by atoms with van der Waals surface area (Å²) in [6.07, 6.45) is 1.60. The third-order valence-electron chi connectivity index (χ3n) is 6.19. The van der Waals surface area contributed by atoms with Crippen molar-refractivity contribution in [2.75, 3.05) is 20.8 Å².